The van der Waals surface area contributed by atoms with Gasteiger partial charge in [0.2, 0.25) is 0 Å². The Morgan fingerprint density at radius 3 is 2.41 bits per heavy atom. The molecule has 5 rings (SSSR count). The zero-order valence-electron chi connectivity index (χ0n) is 22.2. The van der Waals surface area contributed by atoms with E-state index in [4.69, 9.17) is 21.7 Å². The Balaban J connectivity index is 1.18. The molecule has 3 N–H and O–H groups in total. The van der Waals surface area contributed by atoms with Gasteiger partial charge < -0.3 is 25.0 Å². The number of thiazole rings is 1. The lowest BCUT2D eigenvalue weighted by Crippen LogP contribution is -2.26. The van der Waals surface area contributed by atoms with Crippen molar-refractivity contribution >= 4 is 63.3 Å². The first-order valence-corrected chi connectivity index (χ1v) is 13.8. The molecule has 1 amide bonds. The van der Waals surface area contributed by atoms with E-state index in [0.717, 1.165) is 16.9 Å². The van der Waals surface area contributed by atoms with Gasteiger partial charge in [-0.05, 0) is 60.7 Å². The predicted molar refractivity (Wildman–Crippen MR) is 163 cm³/mol. The summed E-state index contributed by atoms with van der Waals surface area (Å²) < 4.78 is 5.17. The van der Waals surface area contributed by atoms with E-state index in [1.54, 1.807) is 53.4 Å². The fraction of sp³-hybridized carbons (Fsp3) is 0.133. The summed E-state index contributed by atoms with van der Waals surface area (Å²) in [5.41, 5.74) is 4.44. The molecule has 0 spiro atoms. The van der Waals surface area contributed by atoms with Crippen LogP contribution < -0.4 is 15.1 Å². The quantitative estimate of drug-likeness (QED) is 0.213. The number of aromatic nitrogens is 1. The number of anilines is 3. The van der Waals surface area contributed by atoms with Crippen molar-refractivity contribution in [3.05, 3.63) is 99.5 Å². The van der Waals surface area contributed by atoms with Gasteiger partial charge in [-0.15, -0.1) is 11.3 Å². The smallest absolute Gasteiger partial charge is 0.338 e. The minimum atomic E-state index is -0.648. The summed E-state index contributed by atoms with van der Waals surface area (Å²) in [6, 6.07) is 21.0. The van der Waals surface area contributed by atoms with Crippen LogP contribution in [0.4, 0.5) is 17.1 Å². The van der Waals surface area contributed by atoms with Crippen LogP contribution in [0.25, 0.3) is 16.8 Å². The second-order valence-corrected chi connectivity index (χ2v) is 10.7. The maximum atomic E-state index is 12.5. The second-order valence-electron chi connectivity index (χ2n) is 9.41. The lowest BCUT2D eigenvalue weighted by Gasteiger charge is -2.18. The van der Waals surface area contributed by atoms with E-state index in [2.05, 4.69) is 10.3 Å². The molecule has 11 heteroatoms. The molecular formula is C30H26ClN5O4S. The number of carbonyl (C=O) groups is 2. The standard InChI is InChI=1S/C30H26ClN5O4S/c1-35(2)22-13-9-21(10-14-22)33-26(38)16-40-30(39)19-5-11-23(12-6-19)36-15-25(37)27(28(36)32)29-34-24(17-41-29)18-3-7-20(31)8-4-18/h3-14,17,32,37H,15-16H2,1-2H3,(H,33,38). The minimum Gasteiger partial charge on any atom is -0.510 e. The van der Waals surface area contributed by atoms with Gasteiger partial charge in [-0.2, -0.15) is 0 Å². The molecule has 0 unspecified atom stereocenters. The third kappa shape index (κ3) is 6.24. The van der Waals surface area contributed by atoms with Crippen molar-refractivity contribution in [3.63, 3.8) is 0 Å². The minimum absolute atomic E-state index is 0.0397. The maximum Gasteiger partial charge on any atom is 0.338 e. The summed E-state index contributed by atoms with van der Waals surface area (Å²) in [7, 11) is 3.85. The average molecular weight is 588 g/mol. The van der Waals surface area contributed by atoms with Gasteiger partial charge >= 0.3 is 5.97 Å². The van der Waals surface area contributed by atoms with Crippen molar-refractivity contribution in [3.8, 4) is 11.3 Å². The topological polar surface area (TPSA) is 119 Å². The van der Waals surface area contributed by atoms with Crippen molar-refractivity contribution in [2.45, 2.75) is 0 Å². The van der Waals surface area contributed by atoms with Crippen LogP contribution in [0.15, 0.2) is 83.9 Å². The van der Waals surface area contributed by atoms with Gasteiger partial charge in [0.15, 0.2) is 6.61 Å². The molecule has 41 heavy (non-hydrogen) atoms. The van der Waals surface area contributed by atoms with Crippen LogP contribution in [0, 0.1) is 5.41 Å². The van der Waals surface area contributed by atoms with Gasteiger partial charge in [0.05, 0.1) is 23.4 Å². The number of benzene rings is 3. The molecule has 208 valence electrons. The Hall–Kier alpha value is -4.67. The summed E-state index contributed by atoms with van der Waals surface area (Å²) in [6.45, 7) is -0.330. The first kappa shape index (κ1) is 27.9. The number of amides is 1. The Kier molecular flexibility index (Phi) is 8.04. The normalized spacial score (nSPS) is 13.0. The second kappa shape index (κ2) is 11.8. The zero-order chi connectivity index (χ0) is 29.1. The predicted octanol–water partition coefficient (Wildman–Crippen LogP) is 6.09. The molecular weight excluding hydrogens is 562 g/mol. The van der Waals surface area contributed by atoms with Gasteiger partial charge in [-0.1, -0.05) is 23.7 Å². The molecule has 4 aromatic rings. The number of amidine groups is 1. The number of carbonyl (C=O) groups excluding carboxylic acids is 2. The number of halogens is 1. The molecule has 3 aromatic carbocycles. The molecule has 0 fully saturated rings. The maximum absolute atomic E-state index is 12.5. The highest BCUT2D eigenvalue weighted by atomic mass is 35.5. The van der Waals surface area contributed by atoms with Crippen LogP contribution in [0.2, 0.25) is 5.02 Å². The number of nitrogens with zero attached hydrogens (tertiary/aromatic N) is 3. The number of rotatable bonds is 8. The first-order valence-electron chi connectivity index (χ1n) is 12.5. The molecule has 2 heterocycles. The zero-order valence-corrected chi connectivity index (χ0v) is 23.8. The van der Waals surface area contributed by atoms with E-state index in [0.29, 0.717) is 27.0 Å². The molecule has 1 aliphatic rings. The molecule has 0 atom stereocenters. The fourth-order valence-electron chi connectivity index (χ4n) is 4.20. The van der Waals surface area contributed by atoms with Crippen LogP contribution in [-0.4, -0.2) is 55.0 Å². The van der Waals surface area contributed by atoms with Gasteiger partial charge in [-0.25, -0.2) is 9.78 Å². The van der Waals surface area contributed by atoms with Gasteiger partial charge in [0, 0.05) is 47.1 Å². The highest BCUT2D eigenvalue weighted by molar-refractivity contribution is 7.11. The van der Waals surface area contributed by atoms with Gasteiger partial charge in [0.1, 0.15) is 16.6 Å². The first-order chi connectivity index (χ1) is 19.7. The third-order valence-corrected chi connectivity index (χ3v) is 7.49. The van der Waals surface area contributed by atoms with Crippen LogP contribution in [0.1, 0.15) is 15.4 Å². The van der Waals surface area contributed by atoms with E-state index in [1.807, 2.05) is 48.6 Å². The number of aliphatic hydroxyl groups is 1. The van der Waals surface area contributed by atoms with Crippen molar-refractivity contribution in [1.82, 2.24) is 4.98 Å². The van der Waals surface area contributed by atoms with E-state index in [1.165, 1.54) is 11.3 Å². The van der Waals surface area contributed by atoms with E-state index in [-0.39, 0.29) is 23.7 Å². The summed E-state index contributed by atoms with van der Waals surface area (Å²) in [4.78, 5) is 33.0. The van der Waals surface area contributed by atoms with Gasteiger partial charge in [0.25, 0.3) is 5.91 Å². The monoisotopic (exact) mass is 587 g/mol. The van der Waals surface area contributed by atoms with Crippen molar-refractivity contribution in [2.75, 3.05) is 42.4 Å². The number of esters is 1. The Labute approximate surface area is 245 Å². The molecule has 0 saturated heterocycles. The lowest BCUT2D eigenvalue weighted by molar-refractivity contribution is -0.119. The van der Waals surface area contributed by atoms with E-state index in [9.17, 15) is 14.7 Å². The van der Waals surface area contributed by atoms with Gasteiger partial charge in [-0.3, -0.25) is 10.2 Å². The number of aliphatic hydroxyl groups excluding tert-OH is 1. The molecule has 0 aliphatic carbocycles. The molecule has 0 radical (unpaired) electrons. The SMILES string of the molecule is CN(C)c1ccc(NC(=O)COC(=O)c2ccc(N3CC(O)=C(c4nc(-c5ccc(Cl)cc5)cs4)C3=N)cc2)cc1. The van der Waals surface area contributed by atoms with Crippen LogP contribution in [-0.2, 0) is 9.53 Å². The summed E-state index contributed by atoms with van der Waals surface area (Å²) in [5.74, 6) is -0.957. The highest BCUT2D eigenvalue weighted by Gasteiger charge is 2.31. The van der Waals surface area contributed by atoms with Crippen LogP contribution in [0.3, 0.4) is 0 Å². The third-order valence-electron chi connectivity index (χ3n) is 6.38. The fourth-order valence-corrected chi connectivity index (χ4v) is 5.22. The van der Waals surface area contributed by atoms with Crippen molar-refractivity contribution in [2.24, 2.45) is 0 Å². The Bertz CT molecular complexity index is 1630. The van der Waals surface area contributed by atoms with Crippen LogP contribution in [0.5, 0.6) is 0 Å². The summed E-state index contributed by atoms with van der Waals surface area (Å²) >= 11 is 7.32. The van der Waals surface area contributed by atoms with E-state index >= 15 is 0 Å². The lowest BCUT2D eigenvalue weighted by atomic mass is 10.2. The Morgan fingerprint density at radius 1 is 1.07 bits per heavy atom. The number of hydrogen-bond acceptors (Lipinski definition) is 8. The molecule has 0 bridgehead atoms. The molecule has 1 aliphatic heterocycles. The largest absolute Gasteiger partial charge is 0.510 e. The van der Waals surface area contributed by atoms with Crippen LogP contribution >= 0.6 is 22.9 Å². The summed E-state index contributed by atoms with van der Waals surface area (Å²) in [6.07, 6.45) is 0. The number of hydrogen-bond donors (Lipinski definition) is 3. The van der Waals surface area contributed by atoms with Crippen molar-refractivity contribution < 1.29 is 19.4 Å². The van der Waals surface area contributed by atoms with Crippen molar-refractivity contribution in [1.29, 1.82) is 5.41 Å². The average Bonchev–Trinajstić information content (AvgIpc) is 3.56. The molecule has 9 nitrogen and oxygen atoms in total. The van der Waals surface area contributed by atoms with E-state index < -0.39 is 18.5 Å². The number of ether oxygens (including phenoxy) is 1. The number of nitrogens with one attached hydrogen (secondary N) is 2. The highest BCUT2D eigenvalue weighted by Crippen LogP contribution is 2.34. The molecule has 0 saturated carbocycles. The summed E-state index contributed by atoms with van der Waals surface area (Å²) in [5, 5.41) is 25.1. The Morgan fingerprint density at radius 2 is 1.76 bits per heavy atom. The molecule has 1 aromatic heterocycles.